The van der Waals surface area contributed by atoms with Gasteiger partial charge in [0.15, 0.2) is 0 Å². The molecule has 19 heavy (non-hydrogen) atoms. The summed E-state index contributed by atoms with van der Waals surface area (Å²) in [5.41, 5.74) is 3.36. The Labute approximate surface area is 119 Å². The molecule has 0 saturated heterocycles. The highest BCUT2D eigenvalue weighted by atomic mass is 32.1. The Hall–Kier alpha value is -1.19. The van der Waals surface area contributed by atoms with E-state index in [4.69, 9.17) is 0 Å². The van der Waals surface area contributed by atoms with E-state index in [1.807, 2.05) is 11.7 Å². The van der Waals surface area contributed by atoms with Crippen LogP contribution in [0.2, 0.25) is 0 Å². The van der Waals surface area contributed by atoms with Crippen molar-refractivity contribution in [3.05, 3.63) is 52.5 Å². The largest absolute Gasteiger partial charge is 0.314 e. The number of aromatic nitrogens is 1. The minimum absolute atomic E-state index is 0.578. The van der Waals surface area contributed by atoms with E-state index in [1.54, 1.807) is 11.3 Å². The van der Waals surface area contributed by atoms with E-state index in [2.05, 4.69) is 47.6 Å². The van der Waals surface area contributed by atoms with E-state index in [1.165, 1.54) is 29.7 Å². The first-order valence-corrected chi connectivity index (χ1v) is 7.91. The lowest BCUT2D eigenvalue weighted by molar-refractivity contribution is 0.478. The highest BCUT2D eigenvalue weighted by Crippen LogP contribution is 2.13. The average molecular weight is 274 g/mol. The van der Waals surface area contributed by atoms with Crippen LogP contribution in [0.3, 0.4) is 0 Å². The minimum Gasteiger partial charge on any atom is -0.314 e. The quantitative estimate of drug-likeness (QED) is 0.794. The number of nitrogens with one attached hydrogen (secondary N) is 1. The molecule has 0 bridgehead atoms. The minimum atomic E-state index is 0.578. The van der Waals surface area contributed by atoms with E-state index in [9.17, 15) is 0 Å². The fourth-order valence-corrected chi connectivity index (χ4v) is 3.02. The highest BCUT2D eigenvalue weighted by molar-refractivity contribution is 7.09. The van der Waals surface area contributed by atoms with Crippen LogP contribution in [-0.2, 0) is 12.8 Å². The van der Waals surface area contributed by atoms with E-state index in [-0.39, 0.29) is 0 Å². The van der Waals surface area contributed by atoms with Gasteiger partial charge in [-0.25, -0.2) is 0 Å². The van der Waals surface area contributed by atoms with E-state index >= 15 is 0 Å². The maximum absolute atomic E-state index is 4.15. The highest BCUT2D eigenvalue weighted by Gasteiger charge is 2.09. The summed E-state index contributed by atoms with van der Waals surface area (Å²) in [6.07, 6.45) is 6.73. The van der Waals surface area contributed by atoms with Crippen LogP contribution < -0.4 is 5.32 Å². The standard InChI is InChI=1S/C16H22N2S/c1-2-18-15(11-16-12-17-13-19-16)10-6-9-14-7-4-3-5-8-14/h3-5,7-8,12-13,15,18H,2,6,9-11H2,1H3. The molecule has 102 valence electrons. The van der Waals surface area contributed by atoms with Crippen molar-refractivity contribution in [2.75, 3.05) is 6.54 Å². The molecule has 0 aliphatic carbocycles. The van der Waals surface area contributed by atoms with Crippen LogP contribution >= 0.6 is 11.3 Å². The van der Waals surface area contributed by atoms with E-state index < -0.39 is 0 Å². The average Bonchev–Trinajstić information content (AvgIpc) is 2.93. The molecular formula is C16H22N2S. The molecule has 0 aliphatic heterocycles. The van der Waals surface area contributed by atoms with Crippen molar-refractivity contribution in [1.82, 2.24) is 10.3 Å². The van der Waals surface area contributed by atoms with Crippen molar-refractivity contribution >= 4 is 11.3 Å². The first-order chi connectivity index (χ1) is 9.38. The summed E-state index contributed by atoms with van der Waals surface area (Å²) in [4.78, 5) is 5.53. The monoisotopic (exact) mass is 274 g/mol. The summed E-state index contributed by atoms with van der Waals surface area (Å²) < 4.78 is 0. The van der Waals surface area contributed by atoms with E-state index in [0.29, 0.717) is 6.04 Å². The number of aryl methyl sites for hydroxylation is 1. The van der Waals surface area contributed by atoms with Gasteiger partial charge in [-0.3, -0.25) is 4.98 Å². The van der Waals surface area contributed by atoms with Gasteiger partial charge in [-0.1, -0.05) is 37.3 Å². The molecule has 2 nitrogen and oxygen atoms in total. The summed E-state index contributed by atoms with van der Waals surface area (Å²) >= 11 is 1.76. The molecule has 2 rings (SSSR count). The van der Waals surface area contributed by atoms with Gasteiger partial charge in [0.1, 0.15) is 0 Å². The Balaban J connectivity index is 1.77. The third kappa shape index (κ3) is 5.13. The lowest BCUT2D eigenvalue weighted by Crippen LogP contribution is -2.30. The van der Waals surface area contributed by atoms with Crippen molar-refractivity contribution < 1.29 is 0 Å². The fourth-order valence-electron chi connectivity index (χ4n) is 2.35. The Morgan fingerprint density at radius 1 is 1.26 bits per heavy atom. The first kappa shape index (κ1) is 14.2. The second-order valence-electron chi connectivity index (χ2n) is 4.80. The number of hydrogen-bond acceptors (Lipinski definition) is 3. The van der Waals surface area contributed by atoms with Gasteiger partial charge in [-0.05, 0) is 37.8 Å². The van der Waals surface area contributed by atoms with Crippen molar-refractivity contribution in [2.24, 2.45) is 0 Å². The number of rotatable bonds is 8. The molecule has 1 heterocycles. The molecule has 0 amide bonds. The number of likely N-dealkylation sites (N-methyl/N-ethyl adjacent to an activating group) is 1. The number of hydrogen-bond donors (Lipinski definition) is 1. The molecule has 1 atom stereocenters. The maximum Gasteiger partial charge on any atom is 0.0794 e. The molecule has 0 radical (unpaired) electrons. The summed E-state index contributed by atoms with van der Waals surface area (Å²) in [6.45, 7) is 3.21. The third-order valence-corrected chi connectivity index (χ3v) is 4.09. The van der Waals surface area contributed by atoms with Gasteiger partial charge < -0.3 is 5.32 Å². The van der Waals surface area contributed by atoms with Gasteiger partial charge >= 0.3 is 0 Å². The van der Waals surface area contributed by atoms with Gasteiger partial charge in [-0.2, -0.15) is 0 Å². The zero-order valence-corrected chi connectivity index (χ0v) is 12.3. The molecule has 0 spiro atoms. The first-order valence-electron chi connectivity index (χ1n) is 7.03. The summed E-state index contributed by atoms with van der Waals surface area (Å²) in [7, 11) is 0. The molecule has 1 unspecified atom stereocenters. The predicted octanol–water partition coefficient (Wildman–Crippen LogP) is 3.69. The fraction of sp³-hybridized carbons (Fsp3) is 0.438. The Kier molecular flexibility index (Phi) is 6.05. The number of nitrogens with zero attached hydrogens (tertiary/aromatic N) is 1. The second kappa shape index (κ2) is 8.08. The zero-order chi connectivity index (χ0) is 13.3. The molecule has 3 heteroatoms. The van der Waals surface area contributed by atoms with Gasteiger partial charge in [0.2, 0.25) is 0 Å². The van der Waals surface area contributed by atoms with Crippen LogP contribution in [-0.4, -0.2) is 17.6 Å². The summed E-state index contributed by atoms with van der Waals surface area (Å²) in [6, 6.07) is 11.3. The number of benzene rings is 1. The van der Waals surface area contributed by atoms with Crippen LogP contribution in [0.15, 0.2) is 42.0 Å². The van der Waals surface area contributed by atoms with Gasteiger partial charge in [0.05, 0.1) is 5.51 Å². The third-order valence-electron chi connectivity index (χ3n) is 3.28. The van der Waals surface area contributed by atoms with Crippen LogP contribution in [0.1, 0.15) is 30.2 Å². The predicted molar refractivity (Wildman–Crippen MR) is 82.7 cm³/mol. The van der Waals surface area contributed by atoms with Crippen molar-refractivity contribution in [2.45, 2.75) is 38.6 Å². The van der Waals surface area contributed by atoms with Gasteiger partial charge in [0, 0.05) is 17.1 Å². The SMILES string of the molecule is CCNC(CCCc1ccccc1)Cc1cncs1. The lowest BCUT2D eigenvalue weighted by atomic mass is 10.0. The molecule has 0 aliphatic rings. The van der Waals surface area contributed by atoms with Crippen LogP contribution in [0.5, 0.6) is 0 Å². The molecule has 1 aromatic heterocycles. The molecule has 2 aromatic rings. The normalized spacial score (nSPS) is 12.5. The van der Waals surface area contributed by atoms with Gasteiger partial charge in [0.25, 0.3) is 0 Å². The Bertz CT molecular complexity index is 439. The Morgan fingerprint density at radius 2 is 2.11 bits per heavy atom. The van der Waals surface area contributed by atoms with Crippen LogP contribution in [0.25, 0.3) is 0 Å². The summed E-state index contributed by atoms with van der Waals surface area (Å²) in [5.74, 6) is 0. The maximum atomic E-state index is 4.15. The topological polar surface area (TPSA) is 24.9 Å². The van der Waals surface area contributed by atoms with Gasteiger partial charge in [-0.15, -0.1) is 11.3 Å². The zero-order valence-electron chi connectivity index (χ0n) is 11.5. The lowest BCUT2D eigenvalue weighted by Gasteiger charge is -2.16. The van der Waals surface area contributed by atoms with Crippen LogP contribution in [0.4, 0.5) is 0 Å². The molecule has 0 saturated carbocycles. The van der Waals surface area contributed by atoms with Crippen molar-refractivity contribution in [3.63, 3.8) is 0 Å². The summed E-state index contributed by atoms with van der Waals surface area (Å²) in [5, 5.41) is 3.59. The molecule has 1 aromatic carbocycles. The smallest absolute Gasteiger partial charge is 0.0794 e. The van der Waals surface area contributed by atoms with Crippen molar-refractivity contribution in [1.29, 1.82) is 0 Å². The second-order valence-corrected chi connectivity index (χ2v) is 5.78. The molecule has 0 fully saturated rings. The molecule has 1 N–H and O–H groups in total. The molecular weight excluding hydrogens is 252 g/mol. The number of thiazole rings is 1. The van der Waals surface area contributed by atoms with Crippen LogP contribution in [0, 0.1) is 0 Å². The Morgan fingerprint density at radius 3 is 2.79 bits per heavy atom. The van der Waals surface area contributed by atoms with E-state index in [0.717, 1.165) is 13.0 Å². The van der Waals surface area contributed by atoms with Crippen molar-refractivity contribution in [3.8, 4) is 0 Å².